The molecule has 1 N–H and O–H groups in total. The van der Waals surface area contributed by atoms with Gasteiger partial charge < -0.3 is 9.84 Å². The van der Waals surface area contributed by atoms with E-state index in [-0.39, 0.29) is 0 Å². The largest absolute Gasteiger partial charge is 0.573 e. The van der Waals surface area contributed by atoms with Gasteiger partial charge in [0.15, 0.2) is 5.75 Å². The molecule has 18 heavy (non-hydrogen) atoms. The van der Waals surface area contributed by atoms with Crippen LogP contribution in [0.3, 0.4) is 0 Å². The van der Waals surface area contributed by atoms with Crippen LogP contribution in [0.1, 0.15) is 11.1 Å². The summed E-state index contributed by atoms with van der Waals surface area (Å²) in [5, 5.41) is 8.50. The van der Waals surface area contributed by atoms with Crippen molar-refractivity contribution in [2.24, 2.45) is 0 Å². The van der Waals surface area contributed by atoms with Crippen LogP contribution in [-0.2, 0) is 17.9 Å². The first-order valence-corrected chi connectivity index (χ1v) is 4.44. The zero-order valence-corrected chi connectivity index (χ0v) is 8.59. The maximum absolute atomic E-state index is 13.1. The summed E-state index contributed by atoms with van der Waals surface area (Å²) >= 11 is 0. The number of rotatable bonds is 4. The van der Waals surface area contributed by atoms with Gasteiger partial charge in [-0.05, 0) is 0 Å². The molecule has 1 aromatic heterocycles. The van der Waals surface area contributed by atoms with Crippen LogP contribution < -0.4 is 4.74 Å². The number of alkyl halides is 4. The fraction of sp³-hybridized carbons (Fsp3) is 0.333. The molecule has 0 radical (unpaired) electrons. The molecule has 4 nitrogen and oxygen atoms in total. The minimum Gasteiger partial charge on any atom is -0.481 e. The van der Waals surface area contributed by atoms with Crippen LogP contribution in [0.2, 0.25) is 0 Å². The summed E-state index contributed by atoms with van der Waals surface area (Å²) in [4.78, 5) is 13.3. The Morgan fingerprint density at radius 3 is 2.50 bits per heavy atom. The van der Waals surface area contributed by atoms with Gasteiger partial charge in [-0.25, -0.2) is 9.37 Å². The van der Waals surface area contributed by atoms with Crippen LogP contribution in [0.25, 0.3) is 0 Å². The number of carboxylic acid groups (broad SMARTS) is 1. The maximum atomic E-state index is 13.1. The van der Waals surface area contributed by atoms with E-state index in [9.17, 15) is 26.7 Å². The van der Waals surface area contributed by atoms with Gasteiger partial charge in [-0.3, -0.25) is 4.79 Å². The smallest absolute Gasteiger partial charge is 0.481 e. The highest BCUT2D eigenvalue weighted by Gasteiger charge is 2.35. The molecule has 0 aliphatic rings. The lowest BCUT2D eigenvalue weighted by molar-refractivity contribution is -0.276. The first-order valence-electron chi connectivity index (χ1n) is 4.44. The molecular weight excluding hydrogens is 265 g/mol. The van der Waals surface area contributed by atoms with E-state index in [1.807, 2.05) is 0 Å². The average molecular weight is 271 g/mol. The predicted molar refractivity (Wildman–Crippen MR) is 47.0 cm³/mol. The Hall–Kier alpha value is -1.93. The summed E-state index contributed by atoms with van der Waals surface area (Å²) in [6, 6.07) is 0. The van der Waals surface area contributed by atoms with Gasteiger partial charge in [0.1, 0.15) is 6.67 Å². The summed E-state index contributed by atoms with van der Waals surface area (Å²) in [5.41, 5.74) is -1.20. The number of nitrogens with zero attached hydrogens (tertiary/aromatic N) is 1. The van der Waals surface area contributed by atoms with Crippen LogP contribution in [-0.4, -0.2) is 22.4 Å². The molecule has 1 heterocycles. The predicted octanol–water partition coefficient (Wildman–Crippen LogP) is 2.22. The molecule has 1 rings (SSSR count). The highest BCUT2D eigenvalue weighted by atomic mass is 19.4. The molecule has 0 spiro atoms. The minimum absolute atomic E-state index is 0.474. The number of halogens is 5. The van der Waals surface area contributed by atoms with E-state index in [0.29, 0.717) is 6.20 Å². The number of carboxylic acids is 1. The Morgan fingerprint density at radius 2 is 2.06 bits per heavy atom. The Bertz CT molecular complexity index is 460. The third-order valence-corrected chi connectivity index (χ3v) is 1.87. The van der Waals surface area contributed by atoms with Crippen molar-refractivity contribution in [1.82, 2.24) is 4.98 Å². The molecule has 0 fully saturated rings. The van der Waals surface area contributed by atoms with Crippen LogP contribution in [0.15, 0.2) is 6.20 Å². The van der Waals surface area contributed by atoms with Crippen LogP contribution in [0.4, 0.5) is 22.0 Å². The van der Waals surface area contributed by atoms with Crippen molar-refractivity contribution >= 4 is 5.97 Å². The summed E-state index contributed by atoms with van der Waals surface area (Å²) in [6.07, 6.45) is -5.62. The van der Waals surface area contributed by atoms with Gasteiger partial charge in [-0.2, -0.15) is 4.39 Å². The summed E-state index contributed by atoms with van der Waals surface area (Å²) in [6.45, 7) is -1.29. The van der Waals surface area contributed by atoms with Crippen molar-refractivity contribution in [2.75, 3.05) is 0 Å². The topological polar surface area (TPSA) is 59.4 Å². The second-order valence-electron chi connectivity index (χ2n) is 3.13. The van der Waals surface area contributed by atoms with E-state index in [0.717, 1.165) is 0 Å². The third kappa shape index (κ3) is 3.54. The Kier molecular flexibility index (Phi) is 4.04. The fourth-order valence-electron chi connectivity index (χ4n) is 1.22. The van der Waals surface area contributed by atoms with Gasteiger partial charge in [0.25, 0.3) is 5.95 Å². The highest BCUT2D eigenvalue weighted by molar-refractivity contribution is 5.72. The number of aromatic nitrogens is 1. The summed E-state index contributed by atoms with van der Waals surface area (Å²) in [5.74, 6) is -4.62. The first-order chi connectivity index (χ1) is 8.24. The Labute approximate surface area is 97.0 Å². The van der Waals surface area contributed by atoms with Gasteiger partial charge in [0.05, 0.1) is 6.42 Å². The quantitative estimate of drug-likeness (QED) is 0.673. The SMILES string of the molecule is O=C(O)Cc1c(CF)cnc(F)c1OC(F)(F)F. The van der Waals surface area contributed by atoms with E-state index in [1.54, 1.807) is 0 Å². The molecule has 9 heteroatoms. The van der Waals surface area contributed by atoms with Gasteiger partial charge in [0, 0.05) is 17.3 Å². The van der Waals surface area contributed by atoms with Crippen molar-refractivity contribution in [3.8, 4) is 5.75 Å². The number of hydrogen-bond acceptors (Lipinski definition) is 3. The second-order valence-corrected chi connectivity index (χ2v) is 3.13. The van der Waals surface area contributed by atoms with E-state index >= 15 is 0 Å². The molecule has 0 saturated heterocycles. The number of carbonyl (C=O) groups is 1. The zero-order chi connectivity index (χ0) is 13.9. The standard InChI is InChI=1S/C9H6F5NO3/c10-2-4-3-15-8(11)7(18-9(12,13)14)5(4)1-6(16)17/h3H,1-2H2,(H,16,17). The molecule has 0 atom stereocenters. The normalized spacial score (nSPS) is 11.4. The average Bonchev–Trinajstić information content (AvgIpc) is 2.21. The highest BCUT2D eigenvalue weighted by Crippen LogP contribution is 2.31. The van der Waals surface area contributed by atoms with E-state index in [1.165, 1.54) is 0 Å². The second kappa shape index (κ2) is 5.15. The van der Waals surface area contributed by atoms with Gasteiger partial charge in [0.2, 0.25) is 0 Å². The summed E-state index contributed by atoms with van der Waals surface area (Å²) in [7, 11) is 0. The van der Waals surface area contributed by atoms with Crippen LogP contribution in [0, 0.1) is 5.95 Å². The van der Waals surface area contributed by atoms with Gasteiger partial charge in [-0.1, -0.05) is 0 Å². The van der Waals surface area contributed by atoms with E-state index in [4.69, 9.17) is 5.11 Å². The molecule has 0 aromatic carbocycles. The first kappa shape index (κ1) is 14.1. The van der Waals surface area contributed by atoms with E-state index in [2.05, 4.69) is 9.72 Å². The Morgan fingerprint density at radius 1 is 1.44 bits per heavy atom. The molecule has 0 unspecified atom stereocenters. The van der Waals surface area contributed by atoms with Crippen molar-refractivity contribution in [2.45, 2.75) is 19.5 Å². The van der Waals surface area contributed by atoms with Gasteiger partial charge >= 0.3 is 12.3 Å². The zero-order valence-electron chi connectivity index (χ0n) is 8.59. The summed E-state index contributed by atoms with van der Waals surface area (Å²) < 4.78 is 65.0. The lowest BCUT2D eigenvalue weighted by atomic mass is 10.1. The number of aliphatic carboxylic acids is 1. The van der Waals surface area contributed by atoms with Crippen molar-refractivity contribution in [3.63, 3.8) is 0 Å². The van der Waals surface area contributed by atoms with Crippen LogP contribution >= 0.6 is 0 Å². The van der Waals surface area contributed by atoms with E-state index < -0.39 is 48.3 Å². The number of pyridine rings is 1. The molecule has 0 amide bonds. The maximum Gasteiger partial charge on any atom is 0.573 e. The van der Waals surface area contributed by atoms with Crippen LogP contribution in [0.5, 0.6) is 5.75 Å². The van der Waals surface area contributed by atoms with Gasteiger partial charge in [-0.15, -0.1) is 13.2 Å². The van der Waals surface area contributed by atoms with Crippen molar-refractivity contribution < 1.29 is 36.6 Å². The Balaban J connectivity index is 3.31. The fourth-order valence-corrected chi connectivity index (χ4v) is 1.22. The molecule has 0 saturated carbocycles. The molecule has 0 aliphatic carbocycles. The molecule has 0 bridgehead atoms. The molecular formula is C9H6F5NO3. The van der Waals surface area contributed by atoms with Crippen molar-refractivity contribution in [1.29, 1.82) is 0 Å². The monoisotopic (exact) mass is 271 g/mol. The number of ether oxygens (including phenoxy) is 1. The third-order valence-electron chi connectivity index (χ3n) is 1.87. The number of hydrogen-bond donors (Lipinski definition) is 1. The lowest BCUT2D eigenvalue weighted by Crippen LogP contribution is -2.21. The minimum atomic E-state index is -5.23. The van der Waals surface area contributed by atoms with Crippen molar-refractivity contribution in [3.05, 3.63) is 23.3 Å². The molecule has 100 valence electrons. The molecule has 1 aromatic rings. The molecule has 0 aliphatic heterocycles. The lowest BCUT2D eigenvalue weighted by Gasteiger charge is -2.14.